The second-order valence-corrected chi connectivity index (χ2v) is 5.22. The molecule has 0 aliphatic heterocycles. The maximum absolute atomic E-state index is 9.43. The Morgan fingerprint density at radius 1 is 1.32 bits per heavy atom. The number of hydrogen-bond donors (Lipinski definition) is 2. The molecule has 0 aliphatic carbocycles. The number of benzene rings is 1. The lowest BCUT2D eigenvalue weighted by Gasteiger charge is -1.97. The van der Waals surface area contributed by atoms with Gasteiger partial charge in [-0.1, -0.05) is 17.3 Å². The molecule has 5 heteroatoms. The van der Waals surface area contributed by atoms with E-state index in [0.717, 1.165) is 15.6 Å². The van der Waals surface area contributed by atoms with Crippen LogP contribution in [0.5, 0.6) is 11.5 Å². The molecule has 0 fully saturated rings. The van der Waals surface area contributed by atoms with Gasteiger partial charge in [-0.05, 0) is 48.1 Å². The van der Waals surface area contributed by atoms with Crippen molar-refractivity contribution in [2.24, 2.45) is 0 Å². The molecule has 1 aromatic carbocycles. The highest BCUT2D eigenvalue weighted by Crippen LogP contribution is 2.25. The molecular formula is C14H15N2O2S+. The molecule has 0 saturated heterocycles. The van der Waals surface area contributed by atoms with Gasteiger partial charge in [-0.15, -0.1) is 0 Å². The third kappa shape index (κ3) is 3.20. The largest absolute Gasteiger partial charge is 0.504 e. The summed E-state index contributed by atoms with van der Waals surface area (Å²) >= 11 is 1.59. The van der Waals surface area contributed by atoms with Crippen molar-refractivity contribution in [3.8, 4) is 11.5 Å². The van der Waals surface area contributed by atoms with Crippen molar-refractivity contribution < 1.29 is 14.9 Å². The summed E-state index contributed by atoms with van der Waals surface area (Å²) in [5.41, 5.74) is 0.812. The van der Waals surface area contributed by atoms with Crippen molar-refractivity contribution in [2.45, 2.75) is 13.5 Å². The highest BCUT2D eigenvalue weighted by atomic mass is 32.1. The van der Waals surface area contributed by atoms with E-state index in [4.69, 9.17) is 0 Å². The Morgan fingerprint density at radius 2 is 2.11 bits per heavy atom. The zero-order chi connectivity index (χ0) is 13.8. The van der Waals surface area contributed by atoms with Crippen LogP contribution in [0.15, 0.2) is 30.9 Å². The van der Waals surface area contributed by atoms with Crippen molar-refractivity contribution in [2.75, 3.05) is 0 Å². The zero-order valence-electron chi connectivity index (χ0n) is 10.6. The maximum Gasteiger partial charge on any atom is 0.289 e. The van der Waals surface area contributed by atoms with Crippen LogP contribution >= 0.6 is 11.3 Å². The molecule has 0 spiro atoms. The molecule has 0 unspecified atom stereocenters. The third-order valence-corrected chi connectivity index (χ3v) is 3.42. The van der Waals surface area contributed by atoms with Crippen LogP contribution in [0.2, 0.25) is 0 Å². The predicted molar refractivity (Wildman–Crippen MR) is 75.9 cm³/mol. The van der Waals surface area contributed by atoms with Crippen LogP contribution in [0.25, 0.3) is 12.2 Å². The molecule has 98 valence electrons. The van der Waals surface area contributed by atoms with E-state index in [9.17, 15) is 10.2 Å². The Morgan fingerprint density at radius 3 is 2.79 bits per heavy atom. The van der Waals surface area contributed by atoms with Gasteiger partial charge in [0.2, 0.25) is 0 Å². The number of allylic oxidation sites excluding steroid dienone is 1. The van der Waals surface area contributed by atoms with Gasteiger partial charge in [0.15, 0.2) is 23.1 Å². The van der Waals surface area contributed by atoms with Crippen LogP contribution in [0.3, 0.4) is 0 Å². The van der Waals surface area contributed by atoms with E-state index >= 15 is 0 Å². The first-order chi connectivity index (χ1) is 9.10. The summed E-state index contributed by atoms with van der Waals surface area (Å²) in [4.78, 5) is 0. The SMILES string of the molecule is C=CC[n+]1nc(C)sc1/C=C/c1ccc(O)c(O)c1. The summed E-state index contributed by atoms with van der Waals surface area (Å²) in [5.74, 6) is -0.242. The minimum Gasteiger partial charge on any atom is -0.504 e. The van der Waals surface area contributed by atoms with Gasteiger partial charge in [0.1, 0.15) is 0 Å². The summed E-state index contributed by atoms with van der Waals surface area (Å²) in [6.45, 7) is 6.31. The second-order valence-electron chi connectivity index (χ2n) is 4.01. The first-order valence-electron chi connectivity index (χ1n) is 5.78. The van der Waals surface area contributed by atoms with Crippen molar-refractivity contribution in [1.82, 2.24) is 5.10 Å². The number of phenols is 2. The van der Waals surface area contributed by atoms with Crippen molar-refractivity contribution in [3.05, 3.63) is 46.4 Å². The average molecular weight is 275 g/mol. The van der Waals surface area contributed by atoms with E-state index in [0.29, 0.717) is 6.54 Å². The van der Waals surface area contributed by atoms with E-state index in [-0.39, 0.29) is 11.5 Å². The van der Waals surface area contributed by atoms with Crippen LogP contribution in [0.1, 0.15) is 15.6 Å². The summed E-state index contributed by atoms with van der Waals surface area (Å²) in [5, 5.41) is 25.0. The molecule has 0 aliphatic rings. The Hall–Kier alpha value is -2.14. The second kappa shape index (κ2) is 5.67. The monoisotopic (exact) mass is 275 g/mol. The van der Waals surface area contributed by atoms with Crippen LogP contribution in [-0.2, 0) is 6.54 Å². The number of aryl methyl sites for hydroxylation is 1. The van der Waals surface area contributed by atoms with E-state index in [1.807, 2.05) is 23.8 Å². The molecule has 4 nitrogen and oxygen atoms in total. The highest BCUT2D eigenvalue weighted by Gasteiger charge is 2.13. The normalized spacial score (nSPS) is 11.0. The Balaban J connectivity index is 2.26. The Kier molecular flexibility index (Phi) is 3.97. The van der Waals surface area contributed by atoms with Crippen molar-refractivity contribution in [3.63, 3.8) is 0 Å². The van der Waals surface area contributed by atoms with Crippen LogP contribution in [-0.4, -0.2) is 15.3 Å². The topological polar surface area (TPSA) is 57.2 Å². The minimum atomic E-state index is -0.124. The van der Waals surface area contributed by atoms with E-state index in [1.54, 1.807) is 23.5 Å². The number of aromatic hydroxyl groups is 2. The van der Waals surface area contributed by atoms with Gasteiger partial charge in [-0.3, -0.25) is 0 Å². The molecule has 0 bridgehead atoms. The number of phenolic OH excluding ortho intramolecular Hbond substituents is 2. The summed E-state index contributed by atoms with van der Waals surface area (Å²) in [7, 11) is 0. The van der Waals surface area contributed by atoms with Crippen LogP contribution in [0.4, 0.5) is 0 Å². The summed E-state index contributed by atoms with van der Waals surface area (Å²) in [6, 6.07) is 4.71. The van der Waals surface area contributed by atoms with E-state index < -0.39 is 0 Å². The van der Waals surface area contributed by atoms with Crippen LogP contribution in [0, 0.1) is 6.92 Å². The predicted octanol–water partition coefficient (Wildman–Crippen LogP) is 2.51. The maximum atomic E-state index is 9.43. The van der Waals surface area contributed by atoms with Gasteiger partial charge in [-0.2, -0.15) is 0 Å². The molecule has 2 aromatic rings. The molecule has 2 N–H and O–H groups in total. The summed E-state index contributed by atoms with van der Waals surface area (Å²) < 4.78 is 1.86. The van der Waals surface area contributed by atoms with Crippen molar-refractivity contribution >= 4 is 23.5 Å². The quantitative estimate of drug-likeness (QED) is 0.512. The summed E-state index contributed by atoms with van der Waals surface area (Å²) in [6.07, 6.45) is 5.59. The lowest BCUT2D eigenvalue weighted by atomic mass is 10.2. The first kappa shape index (κ1) is 13.3. The molecule has 0 radical (unpaired) electrons. The molecule has 19 heavy (non-hydrogen) atoms. The molecule has 1 aromatic heterocycles. The number of nitrogens with zero attached hydrogens (tertiary/aromatic N) is 2. The molecular weight excluding hydrogens is 260 g/mol. The van der Waals surface area contributed by atoms with Crippen molar-refractivity contribution in [1.29, 1.82) is 0 Å². The van der Waals surface area contributed by atoms with Crippen LogP contribution < -0.4 is 4.68 Å². The molecule has 2 rings (SSSR count). The van der Waals surface area contributed by atoms with E-state index in [2.05, 4.69) is 11.7 Å². The third-order valence-electron chi connectivity index (χ3n) is 2.49. The minimum absolute atomic E-state index is 0.118. The zero-order valence-corrected chi connectivity index (χ0v) is 11.4. The van der Waals surface area contributed by atoms with Gasteiger partial charge in [-0.25, -0.2) is 0 Å². The number of aromatic nitrogens is 2. The molecule has 0 atom stereocenters. The fourth-order valence-electron chi connectivity index (χ4n) is 1.63. The lowest BCUT2D eigenvalue weighted by molar-refractivity contribution is -0.741. The van der Waals surface area contributed by atoms with Gasteiger partial charge in [0.25, 0.3) is 5.01 Å². The standard InChI is InChI=1S/C14H14N2O2S/c1-3-8-16-14(19-10(2)15-16)7-5-11-4-6-12(17)13(18)9-11/h3-7,9,18H,1,8H2,2H3/p+1. The molecule has 0 amide bonds. The Labute approximate surface area is 115 Å². The smallest absolute Gasteiger partial charge is 0.289 e. The van der Waals surface area contributed by atoms with E-state index in [1.165, 1.54) is 12.1 Å². The number of rotatable bonds is 4. The van der Waals surface area contributed by atoms with Gasteiger partial charge < -0.3 is 10.2 Å². The highest BCUT2D eigenvalue weighted by molar-refractivity contribution is 7.11. The van der Waals surface area contributed by atoms with Gasteiger partial charge in [0, 0.05) is 11.2 Å². The average Bonchev–Trinajstić information content (AvgIpc) is 2.72. The van der Waals surface area contributed by atoms with Gasteiger partial charge >= 0.3 is 0 Å². The Bertz CT molecular complexity index is 632. The lowest BCUT2D eigenvalue weighted by Crippen LogP contribution is -2.37. The fraction of sp³-hybridized carbons (Fsp3) is 0.143. The molecule has 0 saturated carbocycles. The molecule has 1 heterocycles. The number of hydrogen-bond acceptors (Lipinski definition) is 4. The van der Waals surface area contributed by atoms with Gasteiger partial charge in [0.05, 0.1) is 0 Å². The fourth-order valence-corrected chi connectivity index (χ4v) is 2.43. The first-order valence-corrected chi connectivity index (χ1v) is 6.60.